The number of nitrogens with zero attached hydrogens (tertiary/aromatic N) is 2. The van der Waals surface area contributed by atoms with Crippen molar-refractivity contribution in [1.82, 2.24) is 9.97 Å². The van der Waals surface area contributed by atoms with Gasteiger partial charge in [0.1, 0.15) is 15.7 Å². The minimum atomic E-state index is -3.01. The second kappa shape index (κ2) is 6.33. The summed E-state index contributed by atoms with van der Waals surface area (Å²) in [6.07, 6.45) is 2.84. The van der Waals surface area contributed by atoms with Gasteiger partial charge in [-0.2, -0.15) is 4.98 Å². The third-order valence-electron chi connectivity index (χ3n) is 2.01. The van der Waals surface area contributed by atoms with Gasteiger partial charge >= 0.3 is 0 Å². The molecular formula is C10H17BrN4O2S. The first-order valence-electron chi connectivity index (χ1n) is 5.52. The van der Waals surface area contributed by atoms with E-state index >= 15 is 0 Å². The van der Waals surface area contributed by atoms with Crippen molar-refractivity contribution in [3.63, 3.8) is 0 Å². The van der Waals surface area contributed by atoms with E-state index in [-0.39, 0.29) is 11.8 Å². The number of sulfone groups is 1. The second-order valence-corrected chi connectivity index (χ2v) is 7.10. The molecule has 2 N–H and O–H groups in total. The molecule has 1 aromatic rings. The molecule has 0 spiro atoms. The average molecular weight is 337 g/mol. The zero-order valence-electron chi connectivity index (χ0n) is 10.6. The topological polar surface area (TPSA) is 84.0 Å². The van der Waals surface area contributed by atoms with Gasteiger partial charge in [-0.1, -0.05) is 0 Å². The normalized spacial score (nSPS) is 13.1. The smallest absolute Gasteiger partial charge is 0.224 e. The molecule has 18 heavy (non-hydrogen) atoms. The van der Waals surface area contributed by atoms with E-state index in [1.54, 1.807) is 13.1 Å². The molecule has 8 heteroatoms. The molecule has 1 aromatic heterocycles. The minimum absolute atomic E-state index is 0.0555. The van der Waals surface area contributed by atoms with Crippen molar-refractivity contribution < 1.29 is 8.42 Å². The van der Waals surface area contributed by atoms with Crippen LogP contribution in [0, 0.1) is 0 Å². The van der Waals surface area contributed by atoms with E-state index < -0.39 is 9.84 Å². The Labute approximate surface area is 116 Å². The van der Waals surface area contributed by atoms with E-state index in [1.165, 1.54) is 6.26 Å². The van der Waals surface area contributed by atoms with Crippen LogP contribution in [0.25, 0.3) is 0 Å². The molecule has 0 saturated carbocycles. The van der Waals surface area contributed by atoms with Crippen LogP contribution in [0.15, 0.2) is 10.7 Å². The van der Waals surface area contributed by atoms with Gasteiger partial charge in [0, 0.05) is 25.0 Å². The van der Waals surface area contributed by atoms with E-state index in [0.717, 1.165) is 6.54 Å². The summed E-state index contributed by atoms with van der Waals surface area (Å²) in [5, 5.41) is 6.04. The Balaban J connectivity index is 2.79. The molecule has 1 atom stereocenters. The SMILES string of the molecule is CCNc1ncc(Br)c(NC(C)CS(C)(=O)=O)n1. The zero-order chi connectivity index (χ0) is 13.8. The Hall–Kier alpha value is -0.890. The number of halogens is 1. The van der Waals surface area contributed by atoms with Gasteiger partial charge in [0.25, 0.3) is 0 Å². The highest BCUT2D eigenvalue weighted by Gasteiger charge is 2.13. The lowest BCUT2D eigenvalue weighted by Crippen LogP contribution is -2.25. The first-order valence-corrected chi connectivity index (χ1v) is 8.38. The second-order valence-electron chi connectivity index (χ2n) is 4.06. The molecule has 0 saturated heterocycles. The highest BCUT2D eigenvalue weighted by Crippen LogP contribution is 2.20. The lowest BCUT2D eigenvalue weighted by molar-refractivity contribution is 0.598. The molecule has 1 heterocycles. The fraction of sp³-hybridized carbons (Fsp3) is 0.600. The van der Waals surface area contributed by atoms with Gasteiger partial charge in [0.15, 0.2) is 0 Å². The molecule has 0 fully saturated rings. The van der Waals surface area contributed by atoms with Crippen LogP contribution in [-0.4, -0.2) is 43.0 Å². The van der Waals surface area contributed by atoms with Crippen LogP contribution < -0.4 is 10.6 Å². The van der Waals surface area contributed by atoms with Crippen molar-refractivity contribution in [2.75, 3.05) is 29.2 Å². The van der Waals surface area contributed by atoms with Crippen molar-refractivity contribution in [2.24, 2.45) is 0 Å². The summed E-state index contributed by atoms with van der Waals surface area (Å²) < 4.78 is 23.1. The summed E-state index contributed by atoms with van der Waals surface area (Å²) in [6.45, 7) is 4.47. The third kappa shape index (κ3) is 5.18. The quantitative estimate of drug-likeness (QED) is 0.819. The number of hydrogen-bond donors (Lipinski definition) is 2. The van der Waals surface area contributed by atoms with Crippen LogP contribution in [0.4, 0.5) is 11.8 Å². The van der Waals surface area contributed by atoms with Gasteiger partial charge in [0.2, 0.25) is 5.95 Å². The Bertz CT molecular complexity index is 507. The Morgan fingerprint density at radius 1 is 1.50 bits per heavy atom. The molecule has 0 aliphatic carbocycles. The molecule has 0 aromatic carbocycles. The zero-order valence-corrected chi connectivity index (χ0v) is 13.0. The number of nitrogens with one attached hydrogen (secondary N) is 2. The largest absolute Gasteiger partial charge is 0.365 e. The number of hydrogen-bond acceptors (Lipinski definition) is 6. The van der Waals surface area contributed by atoms with Gasteiger partial charge in [-0.25, -0.2) is 13.4 Å². The van der Waals surface area contributed by atoms with E-state index in [0.29, 0.717) is 16.2 Å². The van der Waals surface area contributed by atoms with Crippen LogP contribution >= 0.6 is 15.9 Å². The summed E-state index contributed by atoms with van der Waals surface area (Å²) in [7, 11) is -3.01. The maximum Gasteiger partial charge on any atom is 0.224 e. The summed E-state index contributed by atoms with van der Waals surface area (Å²) in [5.41, 5.74) is 0. The number of anilines is 2. The van der Waals surface area contributed by atoms with Gasteiger partial charge in [-0.3, -0.25) is 0 Å². The van der Waals surface area contributed by atoms with Gasteiger partial charge in [-0.05, 0) is 29.8 Å². The predicted octanol–water partition coefficient (Wildman–Crippen LogP) is 1.52. The van der Waals surface area contributed by atoms with Crippen LogP contribution in [0.1, 0.15) is 13.8 Å². The fourth-order valence-electron chi connectivity index (χ4n) is 1.44. The molecule has 1 unspecified atom stereocenters. The Morgan fingerprint density at radius 3 is 2.72 bits per heavy atom. The molecular weight excluding hydrogens is 320 g/mol. The molecule has 0 bridgehead atoms. The van der Waals surface area contributed by atoms with E-state index in [4.69, 9.17) is 0 Å². The molecule has 1 rings (SSSR count). The highest BCUT2D eigenvalue weighted by atomic mass is 79.9. The van der Waals surface area contributed by atoms with Crippen LogP contribution in [0.2, 0.25) is 0 Å². The van der Waals surface area contributed by atoms with E-state index in [2.05, 4.69) is 36.5 Å². The number of aromatic nitrogens is 2. The first-order chi connectivity index (χ1) is 8.31. The maximum atomic E-state index is 11.2. The Kier molecular flexibility index (Phi) is 5.33. The van der Waals surface area contributed by atoms with Crippen molar-refractivity contribution in [1.29, 1.82) is 0 Å². The lowest BCUT2D eigenvalue weighted by atomic mass is 10.4. The molecule has 6 nitrogen and oxygen atoms in total. The van der Waals surface area contributed by atoms with Crippen LogP contribution in [0.3, 0.4) is 0 Å². The van der Waals surface area contributed by atoms with Crippen LogP contribution in [0.5, 0.6) is 0 Å². The fourth-order valence-corrected chi connectivity index (χ4v) is 2.74. The average Bonchev–Trinajstić information content (AvgIpc) is 2.20. The molecule has 0 aliphatic heterocycles. The van der Waals surface area contributed by atoms with Crippen molar-refractivity contribution in [3.05, 3.63) is 10.7 Å². The standard InChI is InChI=1S/C10H17BrN4O2S/c1-4-12-10-13-5-8(11)9(15-10)14-7(2)6-18(3,16)17/h5,7H,4,6H2,1-3H3,(H2,12,13,14,15). The summed E-state index contributed by atoms with van der Waals surface area (Å²) in [4.78, 5) is 8.34. The van der Waals surface area contributed by atoms with Gasteiger partial charge in [0.05, 0.1) is 10.2 Å². The summed E-state index contributed by atoms with van der Waals surface area (Å²) in [5.74, 6) is 1.15. The van der Waals surface area contributed by atoms with Crippen LogP contribution in [-0.2, 0) is 9.84 Å². The van der Waals surface area contributed by atoms with Gasteiger partial charge in [-0.15, -0.1) is 0 Å². The minimum Gasteiger partial charge on any atom is -0.365 e. The maximum absolute atomic E-state index is 11.2. The summed E-state index contributed by atoms with van der Waals surface area (Å²) >= 11 is 3.32. The van der Waals surface area contributed by atoms with Gasteiger partial charge < -0.3 is 10.6 Å². The number of rotatable bonds is 6. The van der Waals surface area contributed by atoms with Crippen molar-refractivity contribution >= 4 is 37.5 Å². The highest BCUT2D eigenvalue weighted by molar-refractivity contribution is 9.10. The van der Waals surface area contributed by atoms with Crippen molar-refractivity contribution in [3.8, 4) is 0 Å². The monoisotopic (exact) mass is 336 g/mol. The first kappa shape index (κ1) is 15.2. The lowest BCUT2D eigenvalue weighted by Gasteiger charge is -2.15. The predicted molar refractivity (Wildman–Crippen MR) is 76.7 cm³/mol. The van der Waals surface area contributed by atoms with E-state index in [1.807, 2.05) is 6.92 Å². The molecule has 102 valence electrons. The van der Waals surface area contributed by atoms with E-state index in [9.17, 15) is 8.42 Å². The third-order valence-corrected chi connectivity index (χ3v) is 3.70. The molecule has 0 radical (unpaired) electrons. The van der Waals surface area contributed by atoms with Crippen molar-refractivity contribution in [2.45, 2.75) is 19.9 Å². The summed E-state index contributed by atoms with van der Waals surface area (Å²) in [6, 6.07) is -0.222. The Morgan fingerprint density at radius 2 is 2.17 bits per heavy atom. The molecule has 0 amide bonds. The molecule has 0 aliphatic rings.